The number of rotatable bonds is 2. The first-order chi connectivity index (χ1) is 5.74. The fraction of sp³-hybridized carbons (Fsp3) is 0.778. The van der Waals surface area contributed by atoms with E-state index in [2.05, 4.69) is 0 Å². The number of esters is 1. The molecule has 3 nitrogen and oxygen atoms in total. The number of ether oxygens (including phenoxy) is 1. The normalized spacial score (nSPS) is 37.8. The van der Waals surface area contributed by atoms with Gasteiger partial charge in [0.15, 0.2) is 0 Å². The van der Waals surface area contributed by atoms with Gasteiger partial charge in [0.25, 0.3) is 0 Å². The molecule has 0 amide bonds. The van der Waals surface area contributed by atoms with Gasteiger partial charge in [-0.2, -0.15) is 0 Å². The van der Waals surface area contributed by atoms with Crippen LogP contribution >= 0.6 is 0 Å². The lowest BCUT2D eigenvalue weighted by molar-refractivity contribution is -0.151. The van der Waals surface area contributed by atoms with Crippen molar-refractivity contribution in [1.29, 1.82) is 0 Å². The van der Waals surface area contributed by atoms with E-state index < -0.39 is 5.92 Å². The monoisotopic (exact) mass is 168 g/mol. The molecule has 0 aromatic rings. The van der Waals surface area contributed by atoms with Crippen molar-refractivity contribution in [3.8, 4) is 0 Å². The smallest absolute Gasteiger partial charge is 0.316 e. The first-order valence-electron chi connectivity index (χ1n) is 4.44. The fourth-order valence-corrected chi connectivity index (χ4v) is 1.99. The summed E-state index contributed by atoms with van der Waals surface area (Å²) in [5, 5.41) is 0. The summed E-state index contributed by atoms with van der Waals surface area (Å²) >= 11 is 0. The molecular formula is C9H12O3. The fourth-order valence-electron chi connectivity index (χ4n) is 1.99. The maximum absolute atomic E-state index is 11.4. The highest BCUT2D eigenvalue weighted by Crippen LogP contribution is 2.52. The van der Waals surface area contributed by atoms with Crippen molar-refractivity contribution in [2.45, 2.75) is 19.8 Å². The molecule has 0 aromatic heterocycles. The molecule has 0 bridgehead atoms. The molecule has 0 spiro atoms. The Morgan fingerprint density at radius 1 is 1.58 bits per heavy atom. The minimum Gasteiger partial charge on any atom is -0.465 e. The Kier molecular flexibility index (Phi) is 1.67. The van der Waals surface area contributed by atoms with Crippen molar-refractivity contribution in [2.24, 2.45) is 17.8 Å². The van der Waals surface area contributed by atoms with Gasteiger partial charge in [-0.05, 0) is 25.7 Å². The molecule has 2 fully saturated rings. The topological polar surface area (TPSA) is 43.4 Å². The van der Waals surface area contributed by atoms with E-state index in [0.29, 0.717) is 12.5 Å². The minimum absolute atomic E-state index is 0.124. The van der Waals surface area contributed by atoms with Gasteiger partial charge in [-0.15, -0.1) is 0 Å². The maximum atomic E-state index is 11.4. The Labute approximate surface area is 71.1 Å². The molecule has 3 atom stereocenters. The molecule has 0 aromatic carbocycles. The van der Waals surface area contributed by atoms with E-state index in [1.807, 2.05) is 0 Å². The SMILES string of the molecule is CCOC(=O)C1CC2CC2C1=O. The van der Waals surface area contributed by atoms with E-state index in [4.69, 9.17) is 4.74 Å². The predicted octanol–water partition coefficient (Wildman–Crippen LogP) is 0.775. The first-order valence-corrected chi connectivity index (χ1v) is 4.44. The summed E-state index contributed by atoms with van der Waals surface area (Å²) in [6, 6.07) is 0. The lowest BCUT2D eigenvalue weighted by Crippen LogP contribution is -2.23. The van der Waals surface area contributed by atoms with Crippen LogP contribution in [0.15, 0.2) is 0 Å². The quantitative estimate of drug-likeness (QED) is 0.452. The molecule has 2 saturated carbocycles. The summed E-state index contributed by atoms with van der Waals surface area (Å²) in [5.74, 6) is 0.105. The average Bonchev–Trinajstić information content (AvgIpc) is 2.73. The van der Waals surface area contributed by atoms with Gasteiger partial charge >= 0.3 is 5.97 Å². The third kappa shape index (κ3) is 1.04. The molecule has 3 unspecified atom stereocenters. The predicted molar refractivity (Wildman–Crippen MR) is 41.3 cm³/mol. The number of fused-ring (bicyclic) bond motifs is 1. The summed E-state index contributed by atoms with van der Waals surface area (Å²) < 4.78 is 4.81. The summed E-state index contributed by atoms with van der Waals surface area (Å²) in [6.07, 6.45) is 1.75. The average molecular weight is 168 g/mol. The third-order valence-corrected chi connectivity index (χ3v) is 2.74. The van der Waals surface area contributed by atoms with E-state index in [9.17, 15) is 9.59 Å². The van der Waals surface area contributed by atoms with Crippen LogP contribution in [0.4, 0.5) is 0 Å². The largest absolute Gasteiger partial charge is 0.465 e. The second-order valence-electron chi connectivity index (χ2n) is 3.54. The number of hydrogen-bond acceptors (Lipinski definition) is 3. The Morgan fingerprint density at radius 2 is 2.33 bits per heavy atom. The van der Waals surface area contributed by atoms with E-state index >= 15 is 0 Å². The zero-order valence-corrected chi connectivity index (χ0v) is 7.08. The summed E-state index contributed by atoms with van der Waals surface area (Å²) in [4.78, 5) is 22.5. The number of carbonyl (C=O) groups is 2. The molecule has 0 N–H and O–H groups in total. The highest BCUT2D eigenvalue weighted by Gasteiger charge is 2.55. The molecule has 3 heteroatoms. The second-order valence-corrected chi connectivity index (χ2v) is 3.54. The Bertz CT molecular complexity index is 234. The molecule has 12 heavy (non-hydrogen) atoms. The van der Waals surface area contributed by atoms with Crippen LogP contribution in [0.5, 0.6) is 0 Å². The highest BCUT2D eigenvalue weighted by atomic mass is 16.5. The van der Waals surface area contributed by atoms with E-state index in [0.717, 1.165) is 12.8 Å². The Hall–Kier alpha value is -0.860. The lowest BCUT2D eigenvalue weighted by Gasteiger charge is -2.08. The summed E-state index contributed by atoms with van der Waals surface area (Å²) in [5.41, 5.74) is 0. The van der Waals surface area contributed by atoms with Gasteiger partial charge in [0.1, 0.15) is 11.7 Å². The number of hydrogen-bond donors (Lipinski definition) is 0. The molecule has 2 aliphatic rings. The molecular weight excluding hydrogens is 156 g/mol. The summed E-state index contributed by atoms with van der Waals surface area (Å²) in [7, 11) is 0. The minimum atomic E-state index is -0.423. The van der Waals surface area contributed by atoms with Gasteiger partial charge in [0, 0.05) is 5.92 Å². The van der Waals surface area contributed by atoms with Gasteiger partial charge < -0.3 is 4.74 Å². The van der Waals surface area contributed by atoms with Crippen LogP contribution in [0.2, 0.25) is 0 Å². The number of carbonyl (C=O) groups excluding carboxylic acids is 2. The van der Waals surface area contributed by atoms with E-state index in [1.165, 1.54) is 0 Å². The molecule has 0 saturated heterocycles. The van der Waals surface area contributed by atoms with E-state index in [1.54, 1.807) is 6.92 Å². The van der Waals surface area contributed by atoms with Crippen molar-refractivity contribution >= 4 is 11.8 Å². The van der Waals surface area contributed by atoms with Crippen LogP contribution in [0.1, 0.15) is 19.8 Å². The van der Waals surface area contributed by atoms with Crippen LogP contribution in [0, 0.1) is 17.8 Å². The van der Waals surface area contributed by atoms with Crippen LogP contribution < -0.4 is 0 Å². The van der Waals surface area contributed by atoms with Crippen LogP contribution in [0.3, 0.4) is 0 Å². The van der Waals surface area contributed by atoms with Gasteiger partial charge in [-0.3, -0.25) is 9.59 Å². The van der Waals surface area contributed by atoms with Crippen molar-refractivity contribution < 1.29 is 14.3 Å². The third-order valence-electron chi connectivity index (χ3n) is 2.74. The highest BCUT2D eigenvalue weighted by molar-refractivity contribution is 6.03. The molecule has 2 rings (SSSR count). The van der Waals surface area contributed by atoms with Gasteiger partial charge in [-0.25, -0.2) is 0 Å². The summed E-state index contributed by atoms with van der Waals surface area (Å²) in [6.45, 7) is 2.13. The van der Waals surface area contributed by atoms with Crippen molar-refractivity contribution in [3.05, 3.63) is 0 Å². The van der Waals surface area contributed by atoms with Crippen molar-refractivity contribution in [1.82, 2.24) is 0 Å². The van der Waals surface area contributed by atoms with Gasteiger partial charge in [-0.1, -0.05) is 0 Å². The number of Topliss-reactive ketones (excluding diaryl/α,β-unsaturated/α-hetero) is 1. The van der Waals surface area contributed by atoms with Crippen LogP contribution in [-0.2, 0) is 14.3 Å². The molecule has 2 aliphatic carbocycles. The van der Waals surface area contributed by atoms with E-state index in [-0.39, 0.29) is 17.7 Å². The zero-order chi connectivity index (χ0) is 8.72. The molecule has 0 radical (unpaired) electrons. The van der Waals surface area contributed by atoms with Gasteiger partial charge in [0.2, 0.25) is 0 Å². The van der Waals surface area contributed by atoms with Crippen LogP contribution in [0.25, 0.3) is 0 Å². The lowest BCUT2D eigenvalue weighted by atomic mass is 10.0. The molecule has 66 valence electrons. The maximum Gasteiger partial charge on any atom is 0.316 e. The standard InChI is InChI=1S/C9H12O3/c1-2-12-9(11)7-4-5-3-6(5)8(7)10/h5-7H,2-4H2,1H3. The van der Waals surface area contributed by atoms with Crippen molar-refractivity contribution in [3.63, 3.8) is 0 Å². The van der Waals surface area contributed by atoms with Crippen LogP contribution in [-0.4, -0.2) is 18.4 Å². The van der Waals surface area contributed by atoms with Gasteiger partial charge in [0.05, 0.1) is 6.61 Å². The molecule has 0 heterocycles. The Balaban J connectivity index is 1.97. The van der Waals surface area contributed by atoms with Crippen molar-refractivity contribution in [2.75, 3.05) is 6.61 Å². The zero-order valence-electron chi connectivity index (χ0n) is 7.08. The molecule has 0 aliphatic heterocycles. The first kappa shape index (κ1) is 7.77. The second kappa shape index (κ2) is 2.57. The number of ketones is 1. The Morgan fingerprint density at radius 3 is 2.83 bits per heavy atom.